The van der Waals surface area contributed by atoms with Gasteiger partial charge in [0.2, 0.25) is 0 Å². The molecule has 4 nitrogen and oxygen atoms in total. The minimum atomic E-state index is -0.110. The van der Waals surface area contributed by atoms with Crippen LogP contribution in [0.3, 0.4) is 0 Å². The number of aromatic nitrogens is 2. The van der Waals surface area contributed by atoms with Crippen LogP contribution in [0, 0.1) is 5.41 Å². The molecule has 0 atom stereocenters. The molecule has 0 aliphatic heterocycles. The predicted octanol–water partition coefficient (Wildman–Crippen LogP) is 1.41. The highest BCUT2D eigenvalue weighted by atomic mass is 35.5. The maximum Gasteiger partial charge on any atom is 0.254 e. The molecule has 1 aromatic heterocycles. The number of carbonyl (C=O) groups is 1. The van der Waals surface area contributed by atoms with Gasteiger partial charge in [-0.2, -0.15) is 5.10 Å². The lowest BCUT2D eigenvalue weighted by Gasteiger charge is -2.21. The summed E-state index contributed by atoms with van der Waals surface area (Å²) < 4.78 is 1.60. The van der Waals surface area contributed by atoms with Gasteiger partial charge in [-0.05, 0) is 5.41 Å². The minimum Gasteiger partial charge on any atom is -0.351 e. The molecule has 5 heteroatoms. The fourth-order valence-corrected chi connectivity index (χ4v) is 1.10. The summed E-state index contributed by atoms with van der Waals surface area (Å²) in [6.45, 7) is 4.57. The van der Waals surface area contributed by atoms with E-state index in [1.807, 2.05) is 13.8 Å². The first-order valence-corrected chi connectivity index (χ1v) is 5.31. The van der Waals surface area contributed by atoms with Gasteiger partial charge in [-0.1, -0.05) is 13.8 Å². The van der Waals surface area contributed by atoms with E-state index in [9.17, 15) is 4.79 Å². The lowest BCUT2D eigenvalue weighted by Crippen LogP contribution is -2.34. The number of hydrogen-bond donors (Lipinski definition) is 1. The third-order valence-corrected chi connectivity index (χ3v) is 2.78. The number of rotatable bonds is 4. The first-order chi connectivity index (χ1) is 6.94. The summed E-state index contributed by atoms with van der Waals surface area (Å²) >= 11 is 5.76. The number of alkyl halides is 1. The molecule has 1 aromatic rings. The first kappa shape index (κ1) is 12.0. The van der Waals surface area contributed by atoms with Crippen molar-refractivity contribution in [3.63, 3.8) is 0 Å². The van der Waals surface area contributed by atoms with E-state index < -0.39 is 0 Å². The van der Waals surface area contributed by atoms with Crippen LogP contribution in [0.2, 0.25) is 0 Å². The van der Waals surface area contributed by atoms with Crippen LogP contribution in [0.4, 0.5) is 0 Å². The second-order valence-corrected chi connectivity index (χ2v) is 4.65. The van der Waals surface area contributed by atoms with Crippen LogP contribution >= 0.6 is 11.6 Å². The predicted molar refractivity (Wildman–Crippen MR) is 60.0 cm³/mol. The van der Waals surface area contributed by atoms with Crippen LogP contribution in [0.1, 0.15) is 24.2 Å². The van der Waals surface area contributed by atoms with Gasteiger partial charge >= 0.3 is 0 Å². The van der Waals surface area contributed by atoms with Crippen molar-refractivity contribution in [3.05, 3.63) is 18.0 Å². The molecule has 84 valence electrons. The number of nitrogens with zero attached hydrogens (tertiary/aromatic N) is 2. The van der Waals surface area contributed by atoms with E-state index in [-0.39, 0.29) is 11.3 Å². The van der Waals surface area contributed by atoms with Gasteiger partial charge in [0, 0.05) is 25.7 Å². The minimum absolute atomic E-state index is 0.0839. The van der Waals surface area contributed by atoms with Gasteiger partial charge in [0.25, 0.3) is 5.91 Å². The van der Waals surface area contributed by atoms with Gasteiger partial charge in [-0.3, -0.25) is 9.48 Å². The monoisotopic (exact) mass is 229 g/mol. The fraction of sp³-hybridized carbons (Fsp3) is 0.600. The number of aryl methyl sites for hydroxylation is 1. The van der Waals surface area contributed by atoms with E-state index in [2.05, 4.69) is 10.4 Å². The van der Waals surface area contributed by atoms with Crippen LogP contribution in [-0.4, -0.2) is 28.1 Å². The Morgan fingerprint density at radius 1 is 1.67 bits per heavy atom. The molecule has 0 aliphatic carbocycles. The summed E-state index contributed by atoms with van der Waals surface area (Å²) in [5.74, 6) is 0.404. The van der Waals surface area contributed by atoms with Crippen LogP contribution in [0.5, 0.6) is 0 Å². The Morgan fingerprint density at radius 2 is 2.33 bits per heavy atom. The molecule has 0 unspecified atom stereocenters. The zero-order chi connectivity index (χ0) is 11.5. The fourth-order valence-electron chi connectivity index (χ4n) is 1.01. The smallest absolute Gasteiger partial charge is 0.254 e. The molecule has 1 amide bonds. The van der Waals surface area contributed by atoms with Gasteiger partial charge in [-0.15, -0.1) is 11.6 Å². The van der Waals surface area contributed by atoms with Gasteiger partial charge < -0.3 is 5.32 Å². The molecule has 0 spiro atoms. The lowest BCUT2D eigenvalue weighted by molar-refractivity contribution is 0.0940. The van der Waals surface area contributed by atoms with Gasteiger partial charge in [0.05, 0.1) is 11.8 Å². The Balaban J connectivity index is 2.50. The standard InChI is InChI=1S/C10H16ClN3O/c1-10(2,6-11)7-12-9(15)8-4-13-14(3)5-8/h4-5H,6-7H2,1-3H3,(H,12,15). The van der Waals surface area contributed by atoms with E-state index in [0.29, 0.717) is 18.0 Å². The molecule has 0 aromatic carbocycles. The van der Waals surface area contributed by atoms with Crippen molar-refractivity contribution >= 4 is 17.5 Å². The molecular formula is C10H16ClN3O. The van der Waals surface area contributed by atoms with E-state index in [0.717, 1.165) is 0 Å². The second-order valence-electron chi connectivity index (χ2n) is 4.38. The zero-order valence-corrected chi connectivity index (χ0v) is 10.0. The third kappa shape index (κ3) is 3.55. The largest absolute Gasteiger partial charge is 0.351 e. The summed E-state index contributed by atoms with van der Waals surface area (Å²) in [6.07, 6.45) is 3.23. The highest BCUT2D eigenvalue weighted by Gasteiger charge is 2.18. The molecule has 1 N–H and O–H groups in total. The molecule has 1 rings (SSSR count). The zero-order valence-electron chi connectivity index (χ0n) is 9.25. The number of carbonyl (C=O) groups excluding carboxylic acids is 1. The van der Waals surface area contributed by atoms with Crippen LogP contribution < -0.4 is 5.32 Å². The number of hydrogen-bond acceptors (Lipinski definition) is 2. The highest BCUT2D eigenvalue weighted by molar-refractivity contribution is 6.18. The van der Waals surface area contributed by atoms with Crippen molar-refractivity contribution in [2.75, 3.05) is 12.4 Å². The van der Waals surface area contributed by atoms with Crippen LogP contribution in [0.15, 0.2) is 12.4 Å². The average molecular weight is 230 g/mol. The third-order valence-electron chi connectivity index (χ3n) is 2.06. The second kappa shape index (κ2) is 4.66. The molecule has 1 heterocycles. The normalized spacial score (nSPS) is 11.5. The molecular weight excluding hydrogens is 214 g/mol. The Hall–Kier alpha value is -1.03. The maximum absolute atomic E-state index is 11.6. The number of halogens is 1. The molecule has 0 aliphatic rings. The van der Waals surface area contributed by atoms with E-state index in [4.69, 9.17) is 11.6 Å². The van der Waals surface area contributed by atoms with Crippen molar-refractivity contribution in [2.45, 2.75) is 13.8 Å². The van der Waals surface area contributed by atoms with E-state index in [1.165, 1.54) is 0 Å². The van der Waals surface area contributed by atoms with Crippen LogP contribution in [-0.2, 0) is 7.05 Å². The van der Waals surface area contributed by atoms with Crippen molar-refractivity contribution in [1.82, 2.24) is 15.1 Å². The number of nitrogens with one attached hydrogen (secondary N) is 1. The first-order valence-electron chi connectivity index (χ1n) is 4.77. The SMILES string of the molecule is Cn1cc(C(=O)NCC(C)(C)CCl)cn1. The molecule has 0 saturated carbocycles. The van der Waals surface area contributed by atoms with Gasteiger partial charge in [0.1, 0.15) is 0 Å². The van der Waals surface area contributed by atoms with E-state index in [1.54, 1.807) is 24.1 Å². The summed E-state index contributed by atoms with van der Waals surface area (Å²) in [5, 5.41) is 6.76. The molecule has 0 fully saturated rings. The molecule has 15 heavy (non-hydrogen) atoms. The molecule has 0 bridgehead atoms. The van der Waals surface area contributed by atoms with Gasteiger partial charge in [0.15, 0.2) is 0 Å². The Morgan fingerprint density at radius 3 is 2.80 bits per heavy atom. The summed E-state index contributed by atoms with van der Waals surface area (Å²) in [4.78, 5) is 11.6. The van der Waals surface area contributed by atoms with Gasteiger partial charge in [-0.25, -0.2) is 0 Å². The Labute approximate surface area is 94.6 Å². The summed E-state index contributed by atoms with van der Waals surface area (Å²) in [5.41, 5.74) is 0.488. The van der Waals surface area contributed by atoms with Crippen molar-refractivity contribution < 1.29 is 4.79 Å². The highest BCUT2D eigenvalue weighted by Crippen LogP contribution is 2.15. The summed E-state index contributed by atoms with van der Waals surface area (Å²) in [6, 6.07) is 0. The van der Waals surface area contributed by atoms with Crippen molar-refractivity contribution in [1.29, 1.82) is 0 Å². The Bertz CT molecular complexity index is 346. The van der Waals surface area contributed by atoms with Crippen LogP contribution in [0.25, 0.3) is 0 Å². The summed E-state index contributed by atoms with van der Waals surface area (Å²) in [7, 11) is 1.78. The maximum atomic E-state index is 11.6. The lowest BCUT2D eigenvalue weighted by atomic mass is 9.96. The topological polar surface area (TPSA) is 46.9 Å². The molecule has 0 radical (unpaired) electrons. The average Bonchev–Trinajstić information content (AvgIpc) is 2.61. The van der Waals surface area contributed by atoms with Crippen molar-refractivity contribution in [3.8, 4) is 0 Å². The molecule has 0 saturated heterocycles. The quantitative estimate of drug-likeness (QED) is 0.794. The number of amides is 1. The van der Waals surface area contributed by atoms with Crippen molar-refractivity contribution in [2.24, 2.45) is 12.5 Å². The Kier molecular flexibility index (Phi) is 3.74. The van der Waals surface area contributed by atoms with E-state index >= 15 is 0 Å².